The second kappa shape index (κ2) is 6.00. The average Bonchev–Trinajstić information content (AvgIpc) is 2.29. The van der Waals surface area contributed by atoms with E-state index in [-0.39, 0.29) is 6.10 Å². The number of benzene rings is 1. The van der Waals surface area contributed by atoms with Gasteiger partial charge in [-0.15, -0.1) is 0 Å². The Morgan fingerprint density at radius 3 is 3.18 bits per heavy atom. The van der Waals surface area contributed by atoms with Crippen LogP contribution >= 0.6 is 0 Å². The number of hydrogen-bond donors (Lipinski definition) is 2. The summed E-state index contributed by atoms with van der Waals surface area (Å²) in [5, 5.41) is 12.7. The summed E-state index contributed by atoms with van der Waals surface area (Å²) in [4.78, 5) is 2.28. The molecule has 1 saturated heterocycles. The van der Waals surface area contributed by atoms with Crippen molar-refractivity contribution in [3.63, 3.8) is 0 Å². The molecular weight excluding hydrogens is 216 g/mol. The fraction of sp³-hybridized carbons (Fsp3) is 0.538. The molecule has 94 valence electrons. The van der Waals surface area contributed by atoms with Gasteiger partial charge in [0.05, 0.1) is 12.7 Å². The van der Waals surface area contributed by atoms with E-state index in [0.29, 0.717) is 5.75 Å². The first-order valence-electron chi connectivity index (χ1n) is 6.03. The van der Waals surface area contributed by atoms with Crippen LogP contribution in [0.25, 0.3) is 0 Å². The molecule has 0 aromatic heterocycles. The first-order valence-corrected chi connectivity index (χ1v) is 6.03. The van der Waals surface area contributed by atoms with Crippen molar-refractivity contribution in [2.75, 3.05) is 33.3 Å². The van der Waals surface area contributed by atoms with Crippen LogP contribution in [-0.4, -0.2) is 49.4 Å². The monoisotopic (exact) mass is 236 g/mol. The quantitative estimate of drug-likeness (QED) is 0.812. The highest BCUT2D eigenvalue weighted by atomic mass is 16.5. The largest absolute Gasteiger partial charge is 0.508 e. The van der Waals surface area contributed by atoms with Crippen molar-refractivity contribution in [1.29, 1.82) is 0 Å². The molecule has 2 N–H and O–H groups in total. The number of morpholine rings is 1. The number of nitrogens with zero attached hydrogens (tertiary/aromatic N) is 1. The Balaban J connectivity index is 1.72. The highest BCUT2D eigenvalue weighted by molar-refractivity contribution is 5.26. The lowest BCUT2D eigenvalue weighted by Gasteiger charge is -2.30. The SMILES string of the molecule is CN1CCOC(CNCc2cccc(O)c2)C1. The van der Waals surface area contributed by atoms with E-state index < -0.39 is 0 Å². The van der Waals surface area contributed by atoms with Crippen molar-refractivity contribution in [2.45, 2.75) is 12.6 Å². The Morgan fingerprint density at radius 2 is 2.41 bits per heavy atom. The smallest absolute Gasteiger partial charge is 0.115 e. The van der Waals surface area contributed by atoms with Crippen LogP contribution in [0, 0.1) is 0 Å². The van der Waals surface area contributed by atoms with Crippen molar-refractivity contribution >= 4 is 0 Å². The first-order chi connectivity index (χ1) is 8.24. The molecule has 0 radical (unpaired) electrons. The Labute approximate surface area is 102 Å². The number of ether oxygens (including phenoxy) is 1. The van der Waals surface area contributed by atoms with Crippen molar-refractivity contribution in [3.05, 3.63) is 29.8 Å². The lowest BCUT2D eigenvalue weighted by molar-refractivity contribution is -0.0182. The van der Waals surface area contributed by atoms with E-state index in [9.17, 15) is 5.11 Å². The molecule has 1 atom stereocenters. The van der Waals surface area contributed by atoms with E-state index in [1.807, 2.05) is 12.1 Å². The molecule has 0 saturated carbocycles. The van der Waals surface area contributed by atoms with Gasteiger partial charge in [0.2, 0.25) is 0 Å². The summed E-state index contributed by atoms with van der Waals surface area (Å²) in [5.74, 6) is 0.318. The number of aromatic hydroxyl groups is 1. The van der Waals surface area contributed by atoms with Crippen molar-refractivity contribution in [3.8, 4) is 5.75 Å². The van der Waals surface area contributed by atoms with E-state index in [4.69, 9.17) is 4.74 Å². The zero-order valence-electron chi connectivity index (χ0n) is 10.2. The molecule has 1 heterocycles. The van der Waals surface area contributed by atoms with Crippen LogP contribution in [0.5, 0.6) is 5.75 Å². The number of phenolic OH excluding ortho intramolecular Hbond substituents is 1. The van der Waals surface area contributed by atoms with E-state index in [1.165, 1.54) is 0 Å². The molecule has 1 unspecified atom stereocenters. The van der Waals surface area contributed by atoms with Crippen LogP contribution in [-0.2, 0) is 11.3 Å². The molecule has 0 spiro atoms. The van der Waals surface area contributed by atoms with Crippen molar-refractivity contribution in [2.24, 2.45) is 0 Å². The number of nitrogens with one attached hydrogen (secondary N) is 1. The maximum atomic E-state index is 9.34. The Hall–Kier alpha value is -1.10. The third kappa shape index (κ3) is 4.00. The van der Waals surface area contributed by atoms with Crippen LogP contribution in [0.1, 0.15) is 5.56 Å². The number of likely N-dealkylation sites (N-methyl/N-ethyl adjacent to an activating group) is 1. The predicted octanol–water partition coefficient (Wildman–Crippen LogP) is 0.812. The Kier molecular flexibility index (Phi) is 4.36. The second-order valence-corrected chi connectivity index (χ2v) is 4.56. The molecule has 0 amide bonds. The highest BCUT2D eigenvalue weighted by Gasteiger charge is 2.16. The average molecular weight is 236 g/mol. The molecule has 1 fully saturated rings. The lowest BCUT2D eigenvalue weighted by atomic mass is 10.2. The molecule has 4 heteroatoms. The van der Waals surface area contributed by atoms with Gasteiger partial charge in [-0.2, -0.15) is 0 Å². The molecule has 17 heavy (non-hydrogen) atoms. The van der Waals surface area contributed by atoms with Gasteiger partial charge >= 0.3 is 0 Å². The van der Waals surface area contributed by atoms with Crippen molar-refractivity contribution < 1.29 is 9.84 Å². The molecule has 1 aromatic carbocycles. The number of hydrogen-bond acceptors (Lipinski definition) is 4. The normalized spacial score (nSPS) is 21.6. The molecule has 1 aromatic rings. The predicted molar refractivity (Wildman–Crippen MR) is 67.1 cm³/mol. The van der Waals surface area contributed by atoms with E-state index in [1.54, 1.807) is 12.1 Å². The van der Waals surface area contributed by atoms with Gasteiger partial charge in [-0.25, -0.2) is 0 Å². The lowest BCUT2D eigenvalue weighted by Crippen LogP contribution is -2.44. The zero-order valence-corrected chi connectivity index (χ0v) is 10.2. The van der Waals surface area contributed by atoms with Gasteiger partial charge in [0.15, 0.2) is 0 Å². The van der Waals surface area contributed by atoms with E-state index >= 15 is 0 Å². The molecule has 0 aliphatic carbocycles. The van der Waals surface area contributed by atoms with Gasteiger partial charge in [-0.05, 0) is 24.7 Å². The number of rotatable bonds is 4. The molecule has 0 bridgehead atoms. The third-order valence-electron chi connectivity index (χ3n) is 2.95. The molecular formula is C13H20N2O2. The maximum absolute atomic E-state index is 9.34. The summed E-state index contributed by atoms with van der Waals surface area (Å²) in [5.41, 5.74) is 1.09. The summed E-state index contributed by atoms with van der Waals surface area (Å²) >= 11 is 0. The summed E-state index contributed by atoms with van der Waals surface area (Å²) in [7, 11) is 2.12. The zero-order chi connectivity index (χ0) is 12.1. The molecule has 1 aliphatic rings. The summed E-state index contributed by atoms with van der Waals surface area (Å²) in [6, 6.07) is 7.32. The van der Waals surface area contributed by atoms with Crippen LogP contribution in [0.4, 0.5) is 0 Å². The van der Waals surface area contributed by atoms with Crippen LogP contribution in [0.2, 0.25) is 0 Å². The third-order valence-corrected chi connectivity index (χ3v) is 2.95. The van der Waals surface area contributed by atoms with E-state index in [2.05, 4.69) is 17.3 Å². The van der Waals surface area contributed by atoms with Gasteiger partial charge in [0.25, 0.3) is 0 Å². The highest BCUT2D eigenvalue weighted by Crippen LogP contribution is 2.10. The van der Waals surface area contributed by atoms with Gasteiger partial charge in [-0.1, -0.05) is 12.1 Å². The fourth-order valence-electron chi connectivity index (χ4n) is 2.03. The van der Waals surface area contributed by atoms with Crippen LogP contribution in [0.15, 0.2) is 24.3 Å². The van der Waals surface area contributed by atoms with Gasteiger partial charge in [0.1, 0.15) is 5.75 Å². The molecule has 4 nitrogen and oxygen atoms in total. The van der Waals surface area contributed by atoms with Crippen LogP contribution < -0.4 is 5.32 Å². The second-order valence-electron chi connectivity index (χ2n) is 4.56. The minimum Gasteiger partial charge on any atom is -0.508 e. The van der Waals surface area contributed by atoms with Gasteiger partial charge in [-0.3, -0.25) is 0 Å². The van der Waals surface area contributed by atoms with Gasteiger partial charge in [0, 0.05) is 26.2 Å². The standard InChI is InChI=1S/C13H20N2O2/c1-15-5-6-17-13(10-15)9-14-8-11-3-2-4-12(16)7-11/h2-4,7,13-14,16H,5-6,8-10H2,1H3. The Bertz CT molecular complexity index is 357. The Morgan fingerprint density at radius 1 is 1.53 bits per heavy atom. The minimum absolute atomic E-state index is 0.269. The van der Waals surface area contributed by atoms with Crippen molar-refractivity contribution in [1.82, 2.24) is 10.2 Å². The topological polar surface area (TPSA) is 44.7 Å². The van der Waals surface area contributed by atoms with Crippen LogP contribution in [0.3, 0.4) is 0 Å². The fourth-order valence-corrected chi connectivity index (χ4v) is 2.03. The number of phenols is 1. The van der Waals surface area contributed by atoms with Gasteiger partial charge < -0.3 is 20.1 Å². The summed E-state index contributed by atoms with van der Waals surface area (Å²) in [6.45, 7) is 4.42. The first kappa shape index (κ1) is 12.4. The summed E-state index contributed by atoms with van der Waals surface area (Å²) < 4.78 is 5.66. The summed E-state index contributed by atoms with van der Waals surface area (Å²) in [6.07, 6.45) is 0.269. The maximum Gasteiger partial charge on any atom is 0.115 e. The molecule has 2 rings (SSSR count). The van der Waals surface area contributed by atoms with E-state index in [0.717, 1.165) is 38.3 Å². The minimum atomic E-state index is 0.269. The molecule has 1 aliphatic heterocycles.